The van der Waals surface area contributed by atoms with Crippen LogP contribution in [0.2, 0.25) is 0 Å². The Kier molecular flexibility index (Phi) is 4.84. The molecule has 1 aromatic heterocycles. The van der Waals surface area contributed by atoms with E-state index in [4.69, 9.17) is 0 Å². The van der Waals surface area contributed by atoms with E-state index in [1.165, 1.54) is 19.3 Å². The standard InChI is InChI=1S/C14H21N3O/c1-17(10-12-6-2-4-8-15-12)11-14(18)13-7-3-5-9-16-13/h3,5,7,9,12,15H,2,4,6,8,10-11H2,1H3. The first-order valence-electron chi connectivity index (χ1n) is 6.62. The third-order valence-electron chi connectivity index (χ3n) is 3.31. The molecule has 0 aliphatic carbocycles. The maximum absolute atomic E-state index is 12.0. The van der Waals surface area contributed by atoms with E-state index in [9.17, 15) is 4.79 Å². The van der Waals surface area contributed by atoms with Gasteiger partial charge in [-0.05, 0) is 38.6 Å². The van der Waals surface area contributed by atoms with Crippen molar-refractivity contribution in [1.29, 1.82) is 0 Å². The molecular formula is C14H21N3O. The Morgan fingerprint density at radius 2 is 2.39 bits per heavy atom. The molecule has 0 spiro atoms. The van der Waals surface area contributed by atoms with Gasteiger partial charge in [0.05, 0.1) is 6.54 Å². The average molecular weight is 247 g/mol. The largest absolute Gasteiger partial charge is 0.313 e. The molecule has 1 N–H and O–H groups in total. The topological polar surface area (TPSA) is 45.2 Å². The van der Waals surface area contributed by atoms with Crippen molar-refractivity contribution >= 4 is 5.78 Å². The van der Waals surface area contributed by atoms with Gasteiger partial charge in [0, 0.05) is 18.8 Å². The molecule has 0 aromatic carbocycles. The smallest absolute Gasteiger partial charge is 0.195 e. The lowest BCUT2D eigenvalue weighted by atomic mass is 10.0. The van der Waals surface area contributed by atoms with Crippen molar-refractivity contribution in [3.05, 3.63) is 30.1 Å². The minimum atomic E-state index is 0.0916. The van der Waals surface area contributed by atoms with Crippen molar-refractivity contribution in [3.63, 3.8) is 0 Å². The van der Waals surface area contributed by atoms with Gasteiger partial charge < -0.3 is 5.32 Å². The number of carbonyl (C=O) groups is 1. The third kappa shape index (κ3) is 3.89. The summed E-state index contributed by atoms with van der Waals surface area (Å²) in [7, 11) is 2.00. The maximum Gasteiger partial charge on any atom is 0.195 e. The summed E-state index contributed by atoms with van der Waals surface area (Å²) in [5.74, 6) is 0.0916. The minimum absolute atomic E-state index is 0.0916. The van der Waals surface area contributed by atoms with Gasteiger partial charge in [0.2, 0.25) is 0 Å². The highest BCUT2D eigenvalue weighted by molar-refractivity contribution is 5.95. The fourth-order valence-electron chi connectivity index (χ4n) is 2.37. The predicted molar refractivity (Wildman–Crippen MR) is 71.7 cm³/mol. The number of hydrogen-bond donors (Lipinski definition) is 1. The van der Waals surface area contributed by atoms with Crippen LogP contribution < -0.4 is 5.32 Å². The molecule has 0 radical (unpaired) electrons. The molecule has 0 saturated carbocycles. The number of pyridine rings is 1. The van der Waals surface area contributed by atoms with Crippen molar-refractivity contribution in [2.45, 2.75) is 25.3 Å². The molecule has 98 valence electrons. The molecule has 0 amide bonds. The normalized spacial score (nSPS) is 20.0. The number of carbonyl (C=O) groups excluding carboxylic acids is 1. The summed E-state index contributed by atoms with van der Waals surface area (Å²) in [5, 5.41) is 3.49. The van der Waals surface area contributed by atoms with Crippen molar-refractivity contribution in [2.24, 2.45) is 0 Å². The number of likely N-dealkylation sites (N-methyl/N-ethyl adjacent to an activating group) is 1. The van der Waals surface area contributed by atoms with E-state index in [0.717, 1.165) is 13.1 Å². The first-order valence-corrected chi connectivity index (χ1v) is 6.62. The molecule has 4 heteroatoms. The molecule has 1 aliphatic heterocycles. The van der Waals surface area contributed by atoms with E-state index < -0.39 is 0 Å². The van der Waals surface area contributed by atoms with Crippen LogP contribution in [-0.2, 0) is 0 Å². The van der Waals surface area contributed by atoms with Crippen LogP contribution in [0, 0.1) is 0 Å². The van der Waals surface area contributed by atoms with E-state index in [-0.39, 0.29) is 5.78 Å². The van der Waals surface area contributed by atoms with Gasteiger partial charge in [-0.1, -0.05) is 12.5 Å². The summed E-state index contributed by atoms with van der Waals surface area (Å²) in [4.78, 5) is 18.1. The second-order valence-electron chi connectivity index (χ2n) is 4.98. The molecule has 2 rings (SSSR count). The second-order valence-corrected chi connectivity index (χ2v) is 4.98. The molecule has 2 heterocycles. The third-order valence-corrected chi connectivity index (χ3v) is 3.31. The Balaban J connectivity index is 1.80. The van der Waals surface area contributed by atoms with E-state index in [1.807, 2.05) is 19.2 Å². The molecule has 1 aliphatic rings. The van der Waals surface area contributed by atoms with Crippen LogP contribution >= 0.6 is 0 Å². The van der Waals surface area contributed by atoms with Crippen LogP contribution in [0.25, 0.3) is 0 Å². The summed E-state index contributed by atoms with van der Waals surface area (Å²) >= 11 is 0. The summed E-state index contributed by atoms with van der Waals surface area (Å²) in [5.41, 5.74) is 0.556. The van der Waals surface area contributed by atoms with E-state index in [1.54, 1.807) is 12.3 Å². The number of nitrogens with zero attached hydrogens (tertiary/aromatic N) is 2. The molecule has 1 saturated heterocycles. The lowest BCUT2D eigenvalue weighted by molar-refractivity contribution is 0.0934. The zero-order valence-electron chi connectivity index (χ0n) is 10.9. The minimum Gasteiger partial charge on any atom is -0.313 e. The van der Waals surface area contributed by atoms with Gasteiger partial charge in [-0.25, -0.2) is 0 Å². The quantitative estimate of drug-likeness (QED) is 0.798. The highest BCUT2D eigenvalue weighted by Crippen LogP contribution is 2.08. The highest BCUT2D eigenvalue weighted by Gasteiger charge is 2.16. The predicted octanol–water partition coefficient (Wildman–Crippen LogP) is 1.34. The van der Waals surface area contributed by atoms with Crippen molar-refractivity contribution < 1.29 is 4.79 Å². The van der Waals surface area contributed by atoms with Crippen LogP contribution in [0.15, 0.2) is 24.4 Å². The van der Waals surface area contributed by atoms with Gasteiger partial charge in [0.1, 0.15) is 5.69 Å². The van der Waals surface area contributed by atoms with Gasteiger partial charge in [0.15, 0.2) is 5.78 Å². The zero-order valence-corrected chi connectivity index (χ0v) is 10.9. The van der Waals surface area contributed by atoms with E-state index >= 15 is 0 Å². The monoisotopic (exact) mass is 247 g/mol. The van der Waals surface area contributed by atoms with Gasteiger partial charge in [-0.15, -0.1) is 0 Å². The summed E-state index contributed by atoms with van der Waals surface area (Å²) < 4.78 is 0. The maximum atomic E-state index is 12.0. The molecule has 1 unspecified atom stereocenters. The Hall–Kier alpha value is -1.26. The second kappa shape index (κ2) is 6.61. The molecule has 1 atom stereocenters. The molecule has 4 nitrogen and oxygen atoms in total. The van der Waals surface area contributed by atoms with Crippen LogP contribution in [0.4, 0.5) is 0 Å². The fourth-order valence-corrected chi connectivity index (χ4v) is 2.37. The SMILES string of the molecule is CN(CC(=O)c1ccccn1)CC1CCCCN1. The van der Waals surface area contributed by atoms with Gasteiger partial charge in [-0.2, -0.15) is 0 Å². The van der Waals surface area contributed by atoms with Crippen molar-refractivity contribution in [1.82, 2.24) is 15.2 Å². The number of Topliss-reactive ketones (excluding diaryl/α,β-unsaturated/α-hetero) is 1. The fraction of sp³-hybridized carbons (Fsp3) is 0.571. The Morgan fingerprint density at radius 1 is 1.50 bits per heavy atom. The number of rotatable bonds is 5. The Bertz CT molecular complexity index is 374. The number of aromatic nitrogens is 1. The zero-order chi connectivity index (χ0) is 12.8. The Morgan fingerprint density at radius 3 is 3.06 bits per heavy atom. The van der Waals surface area contributed by atoms with Crippen LogP contribution in [0.1, 0.15) is 29.8 Å². The number of piperidine rings is 1. The van der Waals surface area contributed by atoms with Crippen molar-refractivity contribution in [2.75, 3.05) is 26.7 Å². The van der Waals surface area contributed by atoms with Gasteiger partial charge >= 0.3 is 0 Å². The number of ketones is 1. The summed E-state index contributed by atoms with van der Waals surface area (Å²) in [6.45, 7) is 2.47. The van der Waals surface area contributed by atoms with Crippen LogP contribution in [0.3, 0.4) is 0 Å². The summed E-state index contributed by atoms with van der Waals surface area (Å²) in [6, 6.07) is 5.98. The van der Waals surface area contributed by atoms with E-state index in [2.05, 4.69) is 15.2 Å². The van der Waals surface area contributed by atoms with Gasteiger partial charge in [-0.3, -0.25) is 14.7 Å². The number of hydrogen-bond acceptors (Lipinski definition) is 4. The van der Waals surface area contributed by atoms with Crippen molar-refractivity contribution in [3.8, 4) is 0 Å². The number of nitrogens with one attached hydrogen (secondary N) is 1. The van der Waals surface area contributed by atoms with Crippen LogP contribution in [-0.4, -0.2) is 48.4 Å². The first kappa shape index (κ1) is 13.2. The molecule has 1 fully saturated rings. The molecular weight excluding hydrogens is 226 g/mol. The van der Waals surface area contributed by atoms with E-state index in [0.29, 0.717) is 18.3 Å². The Labute approximate surface area is 108 Å². The van der Waals surface area contributed by atoms with Gasteiger partial charge in [0.25, 0.3) is 0 Å². The lowest BCUT2D eigenvalue weighted by Gasteiger charge is -2.27. The first-order chi connectivity index (χ1) is 8.75. The van der Waals surface area contributed by atoms with Crippen LogP contribution in [0.5, 0.6) is 0 Å². The molecule has 0 bridgehead atoms. The molecule has 1 aromatic rings. The molecule has 18 heavy (non-hydrogen) atoms. The summed E-state index contributed by atoms with van der Waals surface area (Å²) in [6.07, 6.45) is 5.44. The average Bonchev–Trinajstić information content (AvgIpc) is 2.40. The highest BCUT2D eigenvalue weighted by atomic mass is 16.1. The lowest BCUT2D eigenvalue weighted by Crippen LogP contribution is -2.43.